The highest BCUT2D eigenvalue weighted by atomic mass is 16.5. The van der Waals surface area contributed by atoms with Crippen molar-refractivity contribution in [3.63, 3.8) is 0 Å². The van der Waals surface area contributed by atoms with Crippen molar-refractivity contribution in [1.82, 2.24) is 5.32 Å². The Morgan fingerprint density at radius 1 is 1.32 bits per heavy atom. The van der Waals surface area contributed by atoms with Gasteiger partial charge in [-0.2, -0.15) is 0 Å². The summed E-state index contributed by atoms with van der Waals surface area (Å²) in [6, 6.07) is 7.73. The Kier molecular flexibility index (Phi) is 5.95. The Labute approximate surface area is 131 Å². The predicted octanol–water partition coefficient (Wildman–Crippen LogP) is 1.90. The molecule has 1 saturated heterocycles. The molecule has 1 aliphatic rings. The van der Waals surface area contributed by atoms with Crippen molar-refractivity contribution in [3.05, 3.63) is 29.8 Å². The fraction of sp³-hybridized carbons (Fsp3) is 0.529. The maximum Gasteiger partial charge on any atom is 0.240 e. The molecule has 0 aromatic heterocycles. The molecule has 1 aliphatic heterocycles. The number of amides is 2. The van der Waals surface area contributed by atoms with E-state index >= 15 is 0 Å². The summed E-state index contributed by atoms with van der Waals surface area (Å²) in [5, 5.41) is 2.84. The van der Waals surface area contributed by atoms with E-state index in [0.29, 0.717) is 6.54 Å². The molecule has 0 bridgehead atoms. The van der Waals surface area contributed by atoms with E-state index in [1.54, 1.807) is 0 Å². The maximum atomic E-state index is 12.1. The van der Waals surface area contributed by atoms with Crippen LogP contribution in [0.5, 0.6) is 0 Å². The minimum atomic E-state index is -0.162. The van der Waals surface area contributed by atoms with Crippen molar-refractivity contribution in [2.24, 2.45) is 0 Å². The van der Waals surface area contributed by atoms with Gasteiger partial charge in [0.25, 0.3) is 0 Å². The zero-order valence-corrected chi connectivity index (χ0v) is 13.3. The van der Waals surface area contributed by atoms with Gasteiger partial charge in [-0.25, -0.2) is 0 Å². The molecule has 0 radical (unpaired) electrons. The summed E-state index contributed by atoms with van der Waals surface area (Å²) in [5.41, 5.74) is 1.95. The molecular formula is C17H24N2O3. The summed E-state index contributed by atoms with van der Waals surface area (Å²) in [7, 11) is 0. The molecule has 1 unspecified atom stereocenters. The molecule has 1 heterocycles. The van der Waals surface area contributed by atoms with Crippen LogP contribution in [0, 0.1) is 0 Å². The lowest BCUT2D eigenvalue weighted by atomic mass is 10.1. The van der Waals surface area contributed by atoms with Gasteiger partial charge in [0.1, 0.15) is 6.54 Å². The van der Waals surface area contributed by atoms with E-state index in [2.05, 4.69) is 12.2 Å². The lowest BCUT2D eigenvalue weighted by Gasteiger charge is -2.21. The standard InChI is InChI=1S/C17H24N2O3/c1-3-14-6-8-15(9-7-14)19(13(2)20)12-17(21)18-11-16-5-4-10-22-16/h6-9,16H,3-5,10-12H2,1-2H3,(H,18,21). The fourth-order valence-corrected chi connectivity index (χ4v) is 2.53. The molecule has 1 N–H and O–H groups in total. The SMILES string of the molecule is CCc1ccc(N(CC(=O)NCC2CCCO2)C(C)=O)cc1. The summed E-state index contributed by atoms with van der Waals surface area (Å²) < 4.78 is 5.47. The highest BCUT2D eigenvalue weighted by Crippen LogP contribution is 2.16. The Balaban J connectivity index is 1.92. The first kappa shape index (κ1) is 16.5. The van der Waals surface area contributed by atoms with E-state index in [-0.39, 0.29) is 24.5 Å². The van der Waals surface area contributed by atoms with Crippen LogP contribution in [0.4, 0.5) is 5.69 Å². The molecule has 22 heavy (non-hydrogen) atoms. The third kappa shape index (κ3) is 4.56. The number of carbonyl (C=O) groups is 2. The molecule has 1 aromatic carbocycles. The fourth-order valence-electron chi connectivity index (χ4n) is 2.53. The molecule has 2 amide bonds. The number of aryl methyl sites for hydroxylation is 1. The molecule has 2 rings (SSSR count). The van der Waals surface area contributed by atoms with Gasteiger partial charge in [0.05, 0.1) is 6.10 Å². The number of rotatable bonds is 6. The number of hydrogen-bond donors (Lipinski definition) is 1. The largest absolute Gasteiger partial charge is 0.376 e. The first-order chi connectivity index (χ1) is 10.6. The minimum Gasteiger partial charge on any atom is -0.376 e. The lowest BCUT2D eigenvalue weighted by Crippen LogP contribution is -2.42. The van der Waals surface area contributed by atoms with Gasteiger partial charge in [-0.1, -0.05) is 19.1 Å². The van der Waals surface area contributed by atoms with Gasteiger partial charge in [-0.15, -0.1) is 0 Å². The minimum absolute atomic E-state index is 0.0352. The zero-order chi connectivity index (χ0) is 15.9. The van der Waals surface area contributed by atoms with Crippen LogP contribution >= 0.6 is 0 Å². The van der Waals surface area contributed by atoms with Crippen LogP contribution < -0.4 is 10.2 Å². The van der Waals surface area contributed by atoms with Crippen molar-refractivity contribution < 1.29 is 14.3 Å². The highest BCUT2D eigenvalue weighted by molar-refractivity contribution is 5.97. The average Bonchev–Trinajstić information content (AvgIpc) is 3.04. The molecule has 0 saturated carbocycles. The molecule has 1 fully saturated rings. The van der Waals surface area contributed by atoms with Crippen molar-refractivity contribution in [2.75, 3.05) is 24.6 Å². The van der Waals surface area contributed by atoms with Crippen LogP contribution in [-0.4, -0.2) is 37.6 Å². The molecular weight excluding hydrogens is 280 g/mol. The number of hydrogen-bond acceptors (Lipinski definition) is 3. The first-order valence-electron chi connectivity index (χ1n) is 7.85. The smallest absolute Gasteiger partial charge is 0.240 e. The number of nitrogens with one attached hydrogen (secondary N) is 1. The maximum absolute atomic E-state index is 12.1. The molecule has 1 atom stereocenters. The van der Waals surface area contributed by atoms with Crippen LogP contribution in [0.2, 0.25) is 0 Å². The van der Waals surface area contributed by atoms with E-state index in [9.17, 15) is 9.59 Å². The van der Waals surface area contributed by atoms with Crippen LogP contribution in [0.1, 0.15) is 32.3 Å². The number of anilines is 1. The van der Waals surface area contributed by atoms with Crippen molar-refractivity contribution >= 4 is 17.5 Å². The number of benzene rings is 1. The Hall–Kier alpha value is -1.88. The molecule has 5 nitrogen and oxygen atoms in total. The zero-order valence-electron chi connectivity index (χ0n) is 13.3. The second kappa shape index (κ2) is 7.94. The molecule has 1 aromatic rings. The molecule has 5 heteroatoms. The first-order valence-corrected chi connectivity index (χ1v) is 7.85. The van der Waals surface area contributed by atoms with Gasteiger partial charge in [0.15, 0.2) is 0 Å². The number of carbonyl (C=O) groups excluding carboxylic acids is 2. The normalized spacial score (nSPS) is 17.3. The monoisotopic (exact) mass is 304 g/mol. The van der Waals surface area contributed by atoms with Crippen molar-refractivity contribution in [1.29, 1.82) is 0 Å². The van der Waals surface area contributed by atoms with E-state index in [1.165, 1.54) is 17.4 Å². The number of nitrogens with zero attached hydrogens (tertiary/aromatic N) is 1. The number of ether oxygens (including phenoxy) is 1. The summed E-state index contributed by atoms with van der Waals surface area (Å²) in [5.74, 6) is -0.304. The molecule has 120 valence electrons. The van der Waals surface area contributed by atoms with Crippen LogP contribution in [0.25, 0.3) is 0 Å². The molecule has 0 spiro atoms. The topological polar surface area (TPSA) is 58.6 Å². The van der Waals surface area contributed by atoms with Crippen LogP contribution in [-0.2, 0) is 20.7 Å². The van der Waals surface area contributed by atoms with Crippen LogP contribution in [0.15, 0.2) is 24.3 Å². The van der Waals surface area contributed by atoms with Gasteiger partial charge >= 0.3 is 0 Å². The van der Waals surface area contributed by atoms with E-state index in [0.717, 1.165) is 31.6 Å². The molecule has 0 aliphatic carbocycles. The summed E-state index contributed by atoms with van der Waals surface area (Å²) >= 11 is 0. The summed E-state index contributed by atoms with van der Waals surface area (Å²) in [6.45, 7) is 4.87. The van der Waals surface area contributed by atoms with Crippen molar-refractivity contribution in [3.8, 4) is 0 Å². The van der Waals surface area contributed by atoms with E-state index < -0.39 is 0 Å². The quantitative estimate of drug-likeness (QED) is 0.873. The Morgan fingerprint density at radius 3 is 2.59 bits per heavy atom. The third-order valence-corrected chi connectivity index (χ3v) is 3.89. The van der Waals surface area contributed by atoms with E-state index in [4.69, 9.17) is 4.74 Å². The lowest BCUT2D eigenvalue weighted by molar-refractivity contribution is -0.123. The van der Waals surface area contributed by atoms with E-state index in [1.807, 2.05) is 24.3 Å². The van der Waals surface area contributed by atoms with Gasteiger partial charge in [0.2, 0.25) is 11.8 Å². The van der Waals surface area contributed by atoms with Gasteiger partial charge in [-0.3, -0.25) is 9.59 Å². The second-order valence-electron chi connectivity index (χ2n) is 5.56. The average molecular weight is 304 g/mol. The Bertz CT molecular complexity index is 507. The summed E-state index contributed by atoms with van der Waals surface area (Å²) in [4.78, 5) is 25.4. The van der Waals surface area contributed by atoms with Crippen molar-refractivity contribution in [2.45, 2.75) is 39.2 Å². The van der Waals surface area contributed by atoms with Gasteiger partial charge < -0.3 is 15.0 Å². The Morgan fingerprint density at radius 2 is 2.05 bits per heavy atom. The van der Waals surface area contributed by atoms with Gasteiger partial charge in [0, 0.05) is 25.8 Å². The second-order valence-corrected chi connectivity index (χ2v) is 5.56. The predicted molar refractivity (Wildman–Crippen MR) is 85.8 cm³/mol. The van der Waals surface area contributed by atoms with Gasteiger partial charge in [-0.05, 0) is 37.0 Å². The summed E-state index contributed by atoms with van der Waals surface area (Å²) in [6.07, 6.45) is 3.08. The van der Waals surface area contributed by atoms with Crippen LogP contribution in [0.3, 0.4) is 0 Å². The third-order valence-electron chi connectivity index (χ3n) is 3.89. The highest BCUT2D eigenvalue weighted by Gasteiger charge is 2.19.